The minimum atomic E-state index is -0.0724. The number of nitrogens with zero attached hydrogens (tertiary/aromatic N) is 3. The van der Waals surface area contributed by atoms with Crippen molar-refractivity contribution in [3.8, 4) is 0 Å². The van der Waals surface area contributed by atoms with Crippen molar-refractivity contribution in [3.63, 3.8) is 0 Å². The summed E-state index contributed by atoms with van der Waals surface area (Å²) >= 11 is 0. The Kier molecular flexibility index (Phi) is 7.01. The second-order valence-corrected chi connectivity index (χ2v) is 4.94. The topological polar surface area (TPSA) is 48.5 Å². The van der Waals surface area contributed by atoms with E-state index in [1.807, 2.05) is 6.07 Å². The zero-order valence-electron chi connectivity index (χ0n) is 13.0. The standard InChI is InChI=1S/C15H26N4O/c1-5-19(6-2)11-7-9-16-13-8-10-17-14(12-13)15(20)18(3)4/h8,10,12H,5-7,9,11H2,1-4H3,(H,16,17). The Morgan fingerprint density at radius 2 is 2.00 bits per heavy atom. The van der Waals surface area contributed by atoms with Crippen LogP contribution in [-0.4, -0.2) is 61.0 Å². The van der Waals surface area contributed by atoms with Gasteiger partial charge in [0.05, 0.1) is 0 Å². The molecule has 1 rings (SSSR count). The number of carbonyl (C=O) groups excluding carboxylic acids is 1. The Hall–Kier alpha value is -1.62. The summed E-state index contributed by atoms with van der Waals surface area (Å²) in [4.78, 5) is 19.9. The van der Waals surface area contributed by atoms with E-state index in [2.05, 4.69) is 29.0 Å². The second-order valence-electron chi connectivity index (χ2n) is 4.94. The van der Waals surface area contributed by atoms with Gasteiger partial charge in [-0.15, -0.1) is 0 Å². The maximum absolute atomic E-state index is 11.8. The zero-order chi connectivity index (χ0) is 15.0. The first-order chi connectivity index (χ1) is 9.58. The summed E-state index contributed by atoms with van der Waals surface area (Å²) in [5.74, 6) is -0.0724. The van der Waals surface area contributed by atoms with Crippen molar-refractivity contribution in [2.24, 2.45) is 0 Å². The van der Waals surface area contributed by atoms with Crippen molar-refractivity contribution in [2.75, 3.05) is 45.6 Å². The molecule has 0 radical (unpaired) electrons. The molecule has 5 nitrogen and oxygen atoms in total. The molecule has 112 valence electrons. The van der Waals surface area contributed by atoms with Crippen molar-refractivity contribution in [1.29, 1.82) is 0 Å². The molecule has 0 bridgehead atoms. The molecule has 1 N–H and O–H groups in total. The van der Waals surface area contributed by atoms with Crippen molar-refractivity contribution in [2.45, 2.75) is 20.3 Å². The Balaban J connectivity index is 2.45. The van der Waals surface area contributed by atoms with E-state index in [1.165, 1.54) is 4.90 Å². The Morgan fingerprint density at radius 1 is 1.30 bits per heavy atom. The van der Waals surface area contributed by atoms with Crippen molar-refractivity contribution >= 4 is 11.6 Å². The number of hydrogen-bond donors (Lipinski definition) is 1. The lowest BCUT2D eigenvalue weighted by molar-refractivity contribution is 0.0822. The third-order valence-corrected chi connectivity index (χ3v) is 3.26. The van der Waals surface area contributed by atoms with Crippen molar-refractivity contribution in [3.05, 3.63) is 24.0 Å². The maximum Gasteiger partial charge on any atom is 0.272 e. The predicted octanol–water partition coefficient (Wildman–Crippen LogP) is 1.93. The quantitative estimate of drug-likeness (QED) is 0.738. The van der Waals surface area contributed by atoms with E-state index in [0.717, 1.165) is 38.3 Å². The van der Waals surface area contributed by atoms with Gasteiger partial charge in [0.1, 0.15) is 5.69 Å². The van der Waals surface area contributed by atoms with E-state index < -0.39 is 0 Å². The number of pyridine rings is 1. The Bertz CT molecular complexity index is 416. The van der Waals surface area contributed by atoms with Gasteiger partial charge < -0.3 is 15.1 Å². The first kappa shape index (κ1) is 16.4. The van der Waals surface area contributed by atoms with Gasteiger partial charge in [0.25, 0.3) is 5.91 Å². The highest BCUT2D eigenvalue weighted by molar-refractivity contribution is 5.92. The van der Waals surface area contributed by atoms with Crippen LogP contribution in [0.15, 0.2) is 18.3 Å². The highest BCUT2D eigenvalue weighted by atomic mass is 16.2. The van der Waals surface area contributed by atoms with Gasteiger partial charge in [-0.3, -0.25) is 9.78 Å². The third kappa shape index (κ3) is 5.17. The molecule has 0 aliphatic carbocycles. The Morgan fingerprint density at radius 3 is 2.60 bits per heavy atom. The second kappa shape index (κ2) is 8.53. The van der Waals surface area contributed by atoms with E-state index in [1.54, 1.807) is 26.4 Å². The normalized spacial score (nSPS) is 10.7. The fraction of sp³-hybridized carbons (Fsp3) is 0.600. The van der Waals surface area contributed by atoms with E-state index in [-0.39, 0.29) is 5.91 Å². The van der Waals surface area contributed by atoms with E-state index in [4.69, 9.17) is 0 Å². The fourth-order valence-electron chi connectivity index (χ4n) is 1.96. The largest absolute Gasteiger partial charge is 0.385 e. The molecule has 1 aromatic rings. The average Bonchev–Trinajstić information content (AvgIpc) is 2.47. The summed E-state index contributed by atoms with van der Waals surface area (Å²) in [5, 5.41) is 3.34. The molecule has 0 saturated carbocycles. The molecule has 0 saturated heterocycles. The molecule has 0 spiro atoms. The molecule has 0 unspecified atom stereocenters. The van der Waals surface area contributed by atoms with Gasteiger partial charge in [-0.1, -0.05) is 13.8 Å². The smallest absolute Gasteiger partial charge is 0.272 e. The summed E-state index contributed by atoms with van der Waals surface area (Å²) in [6, 6.07) is 3.70. The average molecular weight is 278 g/mol. The van der Waals surface area contributed by atoms with Crippen molar-refractivity contribution in [1.82, 2.24) is 14.8 Å². The van der Waals surface area contributed by atoms with Gasteiger partial charge in [-0.05, 0) is 38.2 Å². The number of hydrogen-bond acceptors (Lipinski definition) is 4. The molecule has 0 atom stereocenters. The summed E-state index contributed by atoms with van der Waals surface area (Å²) in [7, 11) is 3.46. The van der Waals surface area contributed by atoms with Gasteiger partial charge in [-0.25, -0.2) is 0 Å². The van der Waals surface area contributed by atoms with Crippen LogP contribution in [0, 0.1) is 0 Å². The first-order valence-corrected chi connectivity index (χ1v) is 7.22. The van der Waals surface area contributed by atoms with Gasteiger partial charge in [0.15, 0.2) is 0 Å². The molecule has 20 heavy (non-hydrogen) atoms. The number of anilines is 1. The number of aromatic nitrogens is 1. The monoisotopic (exact) mass is 278 g/mol. The van der Waals surface area contributed by atoms with Crippen LogP contribution in [0.25, 0.3) is 0 Å². The number of rotatable bonds is 8. The van der Waals surface area contributed by atoms with E-state index in [0.29, 0.717) is 5.69 Å². The molecule has 1 heterocycles. The third-order valence-electron chi connectivity index (χ3n) is 3.26. The van der Waals surface area contributed by atoms with Gasteiger partial charge >= 0.3 is 0 Å². The molecule has 0 fully saturated rings. The van der Waals surface area contributed by atoms with E-state index in [9.17, 15) is 4.79 Å². The van der Waals surface area contributed by atoms with Crippen molar-refractivity contribution < 1.29 is 4.79 Å². The van der Waals surface area contributed by atoms with Gasteiger partial charge in [0, 0.05) is 32.5 Å². The SMILES string of the molecule is CCN(CC)CCCNc1ccnc(C(=O)N(C)C)c1. The lowest BCUT2D eigenvalue weighted by atomic mass is 10.3. The van der Waals surface area contributed by atoms with E-state index >= 15 is 0 Å². The molecular formula is C15H26N4O. The van der Waals surface area contributed by atoms with Crippen LogP contribution >= 0.6 is 0 Å². The minimum Gasteiger partial charge on any atom is -0.385 e. The summed E-state index contributed by atoms with van der Waals surface area (Å²) in [5.41, 5.74) is 1.42. The fourth-order valence-corrected chi connectivity index (χ4v) is 1.96. The summed E-state index contributed by atoms with van der Waals surface area (Å²) < 4.78 is 0. The van der Waals surface area contributed by atoms with Crippen LogP contribution < -0.4 is 5.32 Å². The molecule has 1 aromatic heterocycles. The lowest BCUT2D eigenvalue weighted by Crippen LogP contribution is -2.25. The van der Waals surface area contributed by atoms with Crippen LogP contribution in [0.1, 0.15) is 30.8 Å². The highest BCUT2D eigenvalue weighted by Gasteiger charge is 2.09. The zero-order valence-corrected chi connectivity index (χ0v) is 13.0. The number of nitrogens with one attached hydrogen (secondary N) is 1. The van der Waals surface area contributed by atoms with Gasteiger partial charge in [0.2, 0.25) is 0 Å². The van der Waals surface area contributed by atoms with Crippen LogP contribution in [-0.2, 0) is 0 Å². The first-order valence-electron chi connectivity index (χ1n) is 7.22. The highest BCUT2D eigenvalue weighted by Crippen LogP contribution is 2.09. The number of amides is 1. The molecule has 0 aromatic carbocycles. The van der Waals surface area contributed by atoms with Crippen LogP contribution in [0.3, 0.4) is 0 Å². The molecule has 1 amide bonds. The van der Waals surface area contributed by atoms with Crippen LogP contribution in [0.4, 0.5) is 5.69 Å². The number of carbonyl (C=O) groups is 1. The molecule has 5 heteroatoms. The maximum atomic E-state index is 11.8. The predicted molar refractivity (Wildman–Crippen MR) is 83.1 cm³/mol. The lowest BCUT2D eigenvalue weighted by Gasteiger charge is -2.18. The molecule has 0 aliphatic rings. The van der Waals surface area contributed by atoms with Crippen LogP contribution in [0.5, 0.6) is 0 Å². The molecular weight excluding hydrogens is 252 g/mol. The van der Waals surface area contributed by atoms with Gasteiger partial charge in [-0.2, -0.15) is 0 Å². The minimum absolute atomic E-state index is 0.0724. The van der Waals surface area contributed by atoms with Crippen LogP contribution in [0.2, 0.25) is 0 Å². The summed E-state index contributed by atoms with van der Waals surface area (Å²) in [6.07, 6.45) is 2.75. The summed E-state index contributed by atoms with van der Waals surface area (Å²) in [6.45, 7) is 8.53. The molecule has 0 aliphatic heterocycles. The Labute approximate surface area is 122 Å².